The SMILES string of the molecule is CCCCCCCCCCCC[N+](C)(C)Cc1ccccc1.CCCCCCCCCCCC[N+](C)(C)Cc1ccccc1.[Br-].[Br-]. The van der Waals surface area contributed by atoms with E-state index in [2.05, 4.69) is 103 Å². The van der Waals surface area contributed by atoms with Crippen molar-refractivity contribution in [2.75, 3.05) is 41.3 Å². The van der Waals surface area contributed by atoms with Crippen LogP contribution in [0.3, 0.4) is 0 Å². The van der Waals surface area contributed by atoms with Crippen molar-refractivity contribution in [1.29, 1.82) is 0 Å². The van der Waals surface area contributed by atoms with Gasteiger partial charge >= 0.3 is 0 Å². The fourth-order valence-electron chi connectivity index (χ4n) is 6.37. The maximum Gasteiger partial charge on any atom is 0.104 e. The molecule has 0 N–H and O–H groups in total. The van der Waals surface area contributed by atoms with E-state index in [4.69, 9.17) is 0 Å². The molecule has 0 aliphatic heterocycles. The molecule has 2 rings (SSSR count). The standard InChI is InChI=1S/2C21H38N.2BrH/c2*1-4-5-6-7-8-9-10-11-12-16-19-22(2,3)20-21-17-14-13-15-18-21;;/h2*13-15,17-18H,4-12,16,19-20H2,1-3H3;2*1H/q2*+1;;/p-2. The van der Waals surface area contributed by atoms with Crippen LogP contribution in [0.5, 0.6) is 0 Å². The van der Waals surface area contributed by atoms with Gasteiger partial charge in [-0.2, -0.15) is 0 Å². The van der Waals surface area contributed by atoms with Gasteiger partial charge in [0.2, 0.25) is 0 Å². The summed E-state index contributed by atoms with van der Waals surface area (Å²) in [6.07, 6.45) is 28.5. The summed E-state index contributed by atoms with van der Waals surface area (Å²) in [7, 11) is 9.45. The number of nitrogens with zero attached hydrogens (tertiary/aromatic N) is 2. The van der Waals surface area contributed by atoms with Crippen molar-refractivity contribution in [2.45, 2.75) is 155 Å². The molecule has 0 aromatic heterocycles. The second kappa shape index (κ2) is 31.6. The molecule has 0 aliphatic rings. The molecule has 0 fully saturated rings. The Labute approximate surface area is 309 Å². The summed E-state index contributed by atoms with van der Waals surface area (Å²) in [4.78, 5) is 0. The molecule has 4 heteroatoms. The Balaban J connectivity index is 0. The maximum absolute atomic E-state index is 2.36. The molecule has 0 aliphatic carbocycles. The predicted octanol–water partition coefficient (Wildman–Crippen LogP) is 6.38. The van der Waals surface area contributed by atoms with Crippen molar-refractivity contribution in [3.63, 3.8) is 0 Å². The molecule has 0 saturated carbocycles. The Bertz CT molecular complexity index is 796. The molecule has 268 valence electrons. The van der Waals surface area contributed by atoms with Gasteiger partial charge in [-0.1, -0.05) is 177 Å². The molecule has 2 aromatic carbocycles. The monoisotopic (exact) mass is 766 g/mol. The lowest BCUT2D eigenvalue weighted by Gasteiger charge is -2.30. The van der Waals surface area contributed by atoms with Gasteiger partial charge in [-0.05, 0) is 25.7 Å². The van der Waals surface area contributed by atoms with Crippen LogP contribution in [0.2, 0.25) is 0 Å². The van der Waals surface area contributed by atoms with Crippen LogP contribution in [0.1, 0.15) is 153 Å². The summed E-state index contributed by atoms with van der Waals surface area (Å²) in [5.74, 6) is 0. The van der Waals surface area contributed by atoms with Crippen LogP contribution in [-0.4, -0.2) is 50.2 Å². The minimum absolute atomic E-state index is 0. The van der Waals surface area contributed by atoms with Crippen LogP contribution in [0.4, 0.5) is 0 Å². The minimum Gasteiger partial charge on any atom is -1.00 e. The number of hydrogen-bond acceptors (Lipinski definition) is 0. The van der Waals surface area contributed by atoms with Gasteiger partial charge in [-0.3, -0.25) is 0 Å². The van der Waals surface area contributed by atoms with Crippen molar-refractivity contribution in [3.8, 4) is 0 Å². The van der Waals surface area contributed by atoms with Gasteiger partial charge in [0.15, 0.2) is 0 Å². The second-order valence-electron chi connectivity index (χ2n) is 15.0. The molecule has 0 amide bonds. The number of benzene rings is 2. The molecule has 0 unspecified atom stereocenters. The van der Waals surface area contributed by atoms with Gasteiger partial charge in [0.25, 0.3) is 0 Å². The van der Waals surface area contributed by atoms with E-state index in [1.807, 2.05) is 0 Å². The number of rotatable bonds is 26. The first-order chi connectivity index (χ1) is 21.3. The summed E-state index contributed by atoms with van der Waals surface area (Å²) in [6, 6.07) is 21.8. The van der Waals surface area contributed by atoms with Gasteiger partial charge in [0, 0.05) is 11.1 Å². The highest BCUT2D eigenvalue weighted by Crippen LogP contribution is 2.15. The molecule has 0 heterocycles. The average molecular weight is 769 g/mol. The first kappa shape index (κ1) is 47.4. The summed E-state index contributed by atoms with van der Waals surface area (Å²) in [5, 5.41) is 0. The van der Waals surface area contributed by atoms with E-state index in [1.54, 1.807) is 0 Å². The summed E-state index contributed by atoms with van der Waals surface area (Å²) < 4.78 is 2.22. The molecule has 0 bridgehead atoms. The Morgan fingerprint density at radius 1 is 0.348 bits per heavy atom. The normalized spacial score (nSPS) is 11.3. The van der Waals surface area contributed by atoms with Crippen molar-refractivity contribution in [3.05, 3.63) is 71.8 Å². The van der Waals surface area contributed by atoms with Gasteiger partial charge in [0.05, 0.1) is 41.3 Å². The molecular weight excluding hydrogens is 692 g/mol. The van der Waals surface area contributed by atoms with Crippen LogP contribution >= 0.6 is 0 Å². The Hall–Kier alpha value is -0.680. The topological polar surface area (TPSA) is 0 Å². The largest absolute Gasteiger partial charge is 1.00 e. The predicted molar refractivity (Wildman–Crippen MR) is 198 cm³/mol. The minimum atomic E-state index is 0. The first-order valence-electron chi connectivity index (χ1n) is 19.0. The zero-order valence-electron chi connectivity index (χ0n) is 31.4. The molecule has 0 spiro atoms. The molecular formula is C42H76Br2N2. The summed E-state index contributed by atoms with van der Waals surface area (Å²) in [5.41, 5.74) is 2.92. The number of unbranched alkanes of at least 4 members (excludes halogenated alkanes) is 18. The molecule has 46 heavy (non-hydrogen) atoms. The fourth-order valence-corrected chi connectivity index (χ4v) is 6.37. The second-order valence-corrected chi connectivity index (χ2v) is 15.0. The van der Waals surface area contributed by atoms with Crippen molar-refractivity contribution >= 4 is 0 Å². The van der Waals surface area contributed by atoms with E-state index in [0.29, 0.717) is 0 Å². The highest BCUT2D eigenvalue weighted by atomic mass is 79.9. The van der Waals surface area contributed by atoms with Gasteiger partial charge in [-0.15, -0.1) is 0 Å². The number of halogens is 2. The summed E-state index contributed by atoms with van der Waals surface area (Å²) >= 11 is 0. The number of hydrogen-bond donors (Lipinski definition) is 0. The van der Waals surface area contributed by atoms with Crippen LogP contribution in [-0.2, 0) is 13.1 Å². The van der Waals surface area contributed by atoms with E-state index < -0.39 is 0 Å². The van der Waals surface area contributed by atoms with E-state index in [0.717, 1.165) is 22.1 Å². The van der Waals surface area contributed by atoms with Crippen molar-refractivity contribution in [1.82, 2.24) is 0 Å². The highest BCUT2D eigenvalue weighted by Gasteiger charge is 2.16. The number of quaternary nitrogens is 2. The van der Waals surface area contributed by atoms with Crippen LogP contribution < -0.4 is 34.0 Å². The van der Waals surface area contributed by atoms with Gasteiger partial charge < -0.3 is 42.9 Å². The van der Waals surface area contributed by atoms with Gasteiger partial charge in [0.1, 0.15) is 13.1 Å². The Morgan fingerprint density at radius 2 is 0.587 bits per heavy atom. The van der Waals surface area contributed by atoms with Crippen molar-refractivity contribution < 1.29 is 42.9 Å². The molecule has 2 nitrogen and oxygen atoms in total. The van der Waals surface area contributed by atoms with E-state index in [1.165, 1.54) is 153 Å². The molecule has 0 radical (unpaired) electrons. The third-order valence-electron chi connectivity index (χ3n) is 9.14. The lowest BCUT2D eigenvalue weighted by molar-refractivity contribution is -0.903. The third-order valence-corrected chi connectivity index (χ3v) is 9.14. The highest BCUT2D eigenvalue weighted by molar-refractivity contribution is 5.14. The third kappa shape index (κ3) is 29.5. The average Bonchev–Trinajstić information content (AvgIpc) is 3.00. The lowest BCUT2D eigenvalue weighted by Crippen LogP contribution is -3.00. The first-order valence-corrected chi connectivity index (χ1v) is 19.0. The summed E-state index contributed by atoms with van der Waals surface area (Å²) in [6.45, 7) is 9.48. The maximum atomic E-state index is 2.36. The van der Waals surface area contributed by atoms with Crippen LogP contribution in [0.25, 0.3) is 0 Å². The zero-order valence-corrected chi connectivity index (χ0v) is 34.6. The zero-order chi connectivity index (χ0) is 32.2. The molecule has 0 saturated heterocycles. The molecule has 0 atom stereocenters. The van der Waals surface area contributed by atoms with E-state index in [-0.39, 0.29) is 34.0 Å². The smallest absolute Gasteiger partial charge is 0.104 e. The Kier molecular flexibility index (Phi) is 32.6. The van der Waals surface area contributed by atoms with Crippen LogP contribution in [0, 0.1) is 0 Å². The fraction of sp³-hybridized carbons (Fsp3) is 0.714. The van der Waals surface area contributed by atoms with E-state index >= 15 is 0 Å². The van der Waals surface area contributed by atoms with Crippen LogP contribution in [0.15, 0.2) is 60.7 Å². The van der Waals surface area contributed by atoms with E-state index in [9.17, 15) is 0 Å². The lowest BCUT2D eigenvalue weighted by atomic mass is 10.1. The Morgan fingerprint density at radius 3 is 0.848 bits per heavy atom. The quantitative estimate of drug-likeness (QED) is 0.0772. The van der Waals surface area contributed by atoms with Crippen molar-refractivity contribution in [2.24, 2.45) is 0 Å². The molecule has 2 aromatic rings. The van der Waals surface area contributed by atoms with Gasteiger partial charge in [-0.25, -0.2) is 0 Å².